The van der Waals surface area contributed by atoms with Gasteiger partial charge in [0.05, 0.1) is 34.1 Å². The lowest BCUT2D eigenvalue weighted by Gasteiger charge is -2.12. The van der Waals surface area contributed by atoms with Gasteiger partial charge in [0.25, 0.3) is 5.69 Å². The number of ether oxygens (including phenoxy) is 2. The summed E-state index contributed by atoms with van der Waals surface area (Å²) in [5.41, 5.74) is 15.4. The van der Waals surface area contributed by atoms with Gasteiger partial charge in [-0.05, 0) is 80.6 Å². The number of imidazole rings is 2. The van der Waals surface area contributed by atoms with Crippen molar-refractivity contribution in [2.45, 2.75) is 20.5 Å². The first kappa shape index (κ1) is 38.3. The van der Waals surface area contributed by atoms with Crippen LogP contribution in [0.2, 0.25) is 0 Å². The first-order chi connectivity index (χ1) is 27.9. The third-order valence-corrected chi connectivity index (χ3v) is 8.45. The highest BCUT2D eigenvalue weighted by Gasteiger charge is 2.20. The SMILES string of the molecule is COc1ccc(Nc2nc(-n3c(C)nc4ccc([N+](=O)[O-])cc43)nc(N)c2F)cc1.Cc1nc2ccccc2n1-c1nc(N)cc(Nc2ccc(OC(F)F)cc2)n1. The zero-order valence-electron chi connectivity index (χ0n) is 30.8. The second kappa shape index (κ2) is 16.0. The summed E-state index contributed by atoms with van der Waals surface area (Å²) in [7, 11) is 1.54. The van der Waals surface area contributed by atoms with Gasteiger partial charge in [-0.3, -0.25) is 19.2 Å². The highest BCUT2D eigenvalue weighted by molar-refractivity contribution is 5.81. The average molecular weight is 792 g/mol. The van der Waals surface area contributed by atoms with E-state index in [0.717, 1.165) is 16.9 Å². The number of alkyl halides is 2. The van der Waals surface area contributed by atoms with Gasteiger partial charge >= 0.3 is 6.61 Å². The number of nitro benzene ring substituents is 1. The van der Waals surface area contributed by atoms with Crippen molar-refractivity contribution in [1.29, 1.82) is 0 Å². The molecule has 58 heavy (non-hydrogen) atoms. The van der Waals surface area contributed by atoms with Crippen LogP contribution in [0.3, 0.4) is 0 Å². The molecule has 0 saturated carbocycles. The minimum atomic E-state index is -2.86. The highest BCUT2D eigenvalue weighted by atomic mass is 19.3. The molecular formula is C38H32F3N13O4. The molecule has 0 aliphatic rings. The molecule has 0 spiro atoms. The number of hydrogen-bond donors (Lipinski definition) is 4. The molecule has 0 aliphatic heterocycles. The van der Waals surface area contributed by atoms with Gasteiger partial charge in [0.15, 0.2) is 11.6 Å². The number of halogens is 3. The Morgan fingerprint density at radius 2 is 1.33 bits per heavy atom. The summed E-state index contributed by atoms with van der Waals surface area (Å²) in [6.07, 6.45) is 0. The maximum Gasteiger partial charge on any atom is 0.387 e. The molecule has 4 aromatic carbocycles. The van der Waals surface area contributed by atoms with E-state index in [9.17, 15) is 23.3 Å². The van der Waals surface area contributed by atoms with E-state index >= 15 is 0 Å². The van der Waals surface area contributed by atoms with Gasteiger partial charge in [0.2, 0.25) is 17.7 Å². The van der Waals surface area contributed by atoms with Gasteiger partial charge in [0.1, 0.15) is 34.8 Å². The van der Waals surface area contributed by atoms with Crippen LogP contribution in [-0.2, 0) is 0 Å². The molecule has 0 fully saturated rings. The number of nitrogens with one attached hydrogen (secondary N) is 2. The Balaban J connectivity index is 0.000000177. The molecular weight excluding hydrogens is 759 g/mol. The van der Waals surface area contributed by atoms with Crippen LogP contribution in [0.25, 0.3) is 34.0 Å². The van der Waals surface area contributed by atoms with Crippen molar-refractivity contribution >= 4 is 62.4 Å². The van der Waals surface area contributed by atoms with Crippen molar-refractivity contribution in [3.63, 3.8) is 0 Å². The van der Waals surface area contributed by atoms with Gasteiger partial charge in [-0.1, -0.05) is 12.1 Å². The molecule has 0 aliphatic carbocycles. The first-order valence-electron chi connectivity index (χ1n) is 17.2. The number of para-hydroxylation sites is 2. The zero-order chi connectivity index (χ0) is 41.1. The van der Waals surface area contributed by atoms with Crippen LogP contribution in [0.15, 0.2) is 97.1 Å². The number of rotatable bonds is 10. The second-order valence-electron chi connectivity index (χ2n) is 12.3. The average Bonchev–Trinajstić information content (AvgIpc) is 3.71. The van der Waals surface area contributed by atoms with Crippen molar-refractivity contribution < 1.29 is 27.6 Å². The second-order valence-corrected chi connectivity index (χ2v) is 12.3. The Bertz CT molecular complexity index is 2780. The third kappa shape index (κ3) is 8.15. The number of anilines is 6. The molecule has 8 aromatic rings. The largest absolute Gasteiger partial charge is 0.497 e. The molecule has 0 bridgehead atoms. The maximum atomic E-state index is 14.6. The fraction of sp³-hybridized carbons (Fsp3) is 0.105. The molecule has 8 rings (SSSR count). The van der Waals surface area contributed by atoms with Crippen LogP contribution in [-0.4, -0.2) is 57.7 Å². The number of methoxy groups -OCH3 is 1. The Morgan fingerprint density at radius 3 is 1.98 bits per heavy atom. The predicted octanol–water partition coefficient (Wildman–Crippen LogP) is 7.56. The molecule has 20 heteroatoms. The fourth-order valence-corrected chi connectivity index (χ4v) is 5.88. The minimum Gasteiger partial charge on any atom is -0.497 e. The Morgan fingerprint density at radius 1 is 0.724 bits per heavy atom. The fourth-order valence-electron chi connectivity index (χ4n) is 5.88. The number of nitro groups is 1. The van der Waals surface area contributed by atoms with Crippen molar-refractivity contribution in [3.8, 4) is 23.4 Å². The summed E-state index contributed by atoms with van der Waals surface area (Å²) in [5.74, 6) is 1.73. The molecule has 4 aromatic heterocycles. The molecule has 0 unspecified atom stereocenters. The van der Waals surface area contributed by atoms with E-state index in [1.54, 1.807) is 56.5 Å². The standard InChI is InChI=1S/C19H16F2N6O.C19H16FN7O3/c1-11-23-14-4-2-3-5-15(14)27(11)19-25-16(22)10-17(26-19)24-12-6-8-13(9-7-12)28-18(20)21;1-10-22-14-8-5-12(27(28)29)9-15(14)26(10)19-24-17(21)16(20)18(25-19)23-11-3-6-13(30-2)7-4-11/h2-10,18H,1H3,(H3,22,24,25,26);3-9H,1-2H3,(H3,21,23,24,25). The molecule has 0 amide bonds. The highest BCUT2D eigenvalue weighted by Crippen LogP contribution is 2.29. The monoisotopic (exact) mass is 791 g/mol. The van der Waals surface area contributed by atoms with Gasteiger partial charge in [-0.15, -0.1) is 0 Å². The Labute approximate surface area is 326 Å². The summed E-state index contributed by atoms with van der Waals surface area (Å²) < 4.78 is 51.9. The van der Waals surface area contributed by atoms with E-state index in [2.05, 4.69) is 45.3 Å². The van der Waals surface area contributed by atoms with Crippen molar-refractivity contribution in [3.05, 3.63) is 125 Å². The van der Waals surface area contributed by atoms with Crippen molar-refractivity contribution in [2.24, 2.45) is 0 Å². The number of nitrogen functional groups attached to an aromatic ring is 2. The summed E-state index contributed by atoms with van der Waals surface area (Å²) in [5, 5.41) is 17.1. The Hall–Kier alpha value is -8.03. The Kier molecular flexibility index (Phi) is 10.5. The lowest BCUT2D eigenvalue weighted by Crippen LogP contribution is -2.10. The van der Waals surface area contributed by atoms with Crippen molar-refractivity contribution in [2.75, 3.05) is 29.2 Å². The lowest BCUT2D eigenvalue weighted by molar-refractivity contribution is -0.384. The summed E-state index contributed by atoms with van der Waals surface area (Å²) in [6, 6.07) is 26.4. The van der Waals surface area contributed by atoms with Gasteiger partial charge in [-0.2, -0.15) is 33.1 Å². The van der Waals surface area contributed by atoms with E-state index in [4.69, 9.17) is 16.2 Å². The van der Waals surface area contributed by atoms with Crippen LogP contribution in [0.1, 0.15) is 11.6 Å². The first-order valence-corrected chi connectivity index (χ1v) is 17.2. The van der Waals surface area contributed by atoms with E-state index in [1.807, 2.05) is 35.8 Å². The molecule has 0 radical (unpaired) electrons. The lowest BCUT2D eigenvalue weighted by atomic mass is 10.3. The van der Waals surface area contributed by atoms with E-state index in [1.165, 1.54) is 34.9 Å². The summed E-state index contributed by atoms with van der Waals surface area (Å²) in [6.45, 7) is 0.684. The molecule has 0 saturated heterocycles. The molecule has 294 valence electrons. The van der Waals surface area contributed by atoms with E-state index in [0.29, 0.717) is 45.7 Å². The number of aromatic nitrogens is 8. The molecule has 0 atom stereocenters. The predicted molar refractivity (Wildman–Crippen MR) is 211 cm³/mol. The number of hydrogen-bond acceptors (Lipinski definition) is 14. The van der Waals surface area contributed by atoms with Crippen molar-refractivity contribution in [1.82, 2.24) is 39.0 Å². The number of non-ortho nitro benzene ring substituents is 1. The third-order valence-electron chi connectivity index (χ3n) is 8.45. The maximum absolute atomic E-state index is 14.6. The van der Waals surface area contributed by atoms with E-state index in [-0.39, 0.29) is 34.8 Å². The minimum absolute atomic E-state index is 0.0328. The number of nitrogens with two attached hydrogens (primary N) is 2. The van der Waals surface area contributed by atoms with Crippen LogP contribution in [0, 0.1) is 29.8 Å². The van der Waals surface area contributed by atoms with Gasteiger partial charge in [-0.25, -0.2) is 9.97 Å². The zero-order valence-corrected chi connectivity index (χ0v) is 30.8. The number of nitrogens with zero attached hydrogens (tertiary/aromatic N) is 9. The number of benzene rings is 4. The summed E-state index contributed by atoms with van der Waals surface area (Å²) >= 11 is 0. The van der Waals surface area contributed by atoms with Crippen LogP contribution in [0.4, 0.5) is 53.5 Å². The van der Waals surface area contributed by atoms with Crippen LogP contribution < -0.4 is 31.6 Å². The molecule has 17 nitrogen and oxygen atoms in total. The molecule has 6 N–H and O–H groups in total. The van der Waals surface area contributed by atoms with Crippen LogP contribution >= 0.6 is 0 Å². The topological polar surface area (TPSA) is 225 Å². The number of fused-ring (bicyclic) bond motifs is 2. The van der Waals surface area contributed by atoms with E-state index < -0.39 is 17.4 Å². The molecule has 4 heterocycles. The summed E-state index contributed by atoms with van der Waals surface area (Å²) in [4.78, 5) is 36.6. The normalized spacial score (nSPS) is 11.0. The van der Waals surface area contributed by atoms with Gasteiger partial charge < -0.3 is 31.6 Å². The van der Waals surface area contributed by atoms with Crippen LogP contribution in [0.5, 0.6) is 11.5 Å². The quantitative estimate of drug-likeness (QED) is 0.0775. The number of aryl methyl sites for hydroxylation is 2. The van der Waals surface area contributed by atoms with Gasteiger partial charge in [0, 0.05) is 29.6 Å². The smallest absolute Gasteiger partial charge is 0.387 e.